The molecule has 0 amide bonds. The monoisotopic (exact) mass is 294 g/mol. The van der Waals surface area contributed by atoms with E-state index in [0.29, 0.717) is 6.04 Å². The van der Waals surface area contributed by atoms with Gasteiger partial charge in [0, 0.05) is 37.1 Å². The summed E-state index contributed by atoms with van der Waals surface area (Å²) in [7, 11) is 0. The third-order valence-corrected chi connectivity index (χ3v) is 4.74. The van der Waals surface area contributed by atoms with E-state index in [-0.39, 0.29) is 0 Å². The summed E-state index contributed by atoms with van der Waals surface area (Å²) in [6.45, 7) is 5.27. The van der Waals surface area contributed by atoms with Crippen molar-refractivity contribution in [2.75, 3.05) is 13.2 Å². The molecule has 1 aliphatic heterocycles. The molecule has 1 saturated carbocycles. The zero-order valence-corrected chi connectivity index (χ0v) is 13.0. The fourth-order valence-corrected chi connectivity index (χ4v) is 3.13. The lowest BCUT2D eigenvalue weighted by atomic mass is 10.0. The summed E-state index contributed by atoms with van der Waals surface area (Å²) >= 11 is 0. The molecule has 2 heterocycles. The van der Waals surface area contributed by atoms with Gasteiger partial charge < -0.3 is 4.74 Å². The van der Waals surface area contributed by atoms with Crippen molar-refractivity contribution in [1.82, 2.24) is 9.88 Å². The van der Waals surface area contributed by atoms with Crippen LogP contribution in [0.2, 0.25) is 0 Å². The quantitative estimate of drug-likeness (QED) is 0.862. The lowest BCUT2D eigenvalue weighted by Crippen LogP contribution is -2.36. The Morgan fingerprint density at radius 2 is 1.95 bits per heavy atom. The van der Waals surface area contributed by atoms with Gasteiger partial charge in [0.15, 0.2) is 0 Å². The first kappa shape index (κ1) is 13.8. The van der Waals surface area contributed by atoms with Crippen molar-refractivity contribution >= 4 is 0 Å². The largest absolute Gasteiger partial charge is 0.492 e. The molecule has 22 heavy (non-hydrogen) atoms. The molecule has 3 heteroatoms. The number of hydrogen-bond acceptors (Lipinski definition) is 3. The molecule has 3 nitrogen and oxygen atoms in total. The number of aromatic nitrogens is 1. The fraction of sp³-hybridized carbons (Fsp3) is 0.421. The highest BCUT2D eigenvalue weighted by atomic mass is 16.5. The fourth-order valence-electron chi connectivity index (χ4n) is 3.13. The molecule has 1 fully saturated rings. The highest BCUT2D eigenvalue weighted by Crippen LogP contribution is 2.34. The summed E-state index contributed by atoms with van der Waals surface area (Å²) in [5.41, 5.74) is 3.76. The Balaban J connectivity index is 1.63. The molecule has 1 aromatic heterocycles. The summed E-state index contributed by atoms with van der Waals surface area (Å²) in [5, 5.41) is 0. The lowest BCUT2D eigenvalue weighted by Gasteiger charge is -2.25. The normalized spacial score (nSPS) is 21.8. The predicted molar refractivity (Wildman–Crippen MR) is 87.8 cm³/mol. The van der Waals surface area contributed by atoms with Crippen molar-refractivity contribution in [3.63, 3.8) is 0 Å². The van der Waals surface area contributed by atoms with Gasteiger partial charge in [-0.15, -0.1) is 0 Å². The van der Waals surface area contributed by atoms with Crippen molar-refractivity contribution < 1.29 is 4.74 Å². The van der Waals surface area contributed by atoms with Crippen LogP contribution in [0.1, 0.15) is 25.3 Å². The van der Waals surface area contributed by atoms with E-state index in [0.717, 1.165) is 24.8 Å². The number of benzene rings is 1. The minimum absolute atomic E-state index is 0.484. The number of ether oxygens (including phenoxy) is 1. The smallest absolute Gasteiger partial charge is 0.123 e. The maximum Gasteiger partial charge on any atom is 0.123 e. The Bertz CT molecular complexity index is 652. The van der Waals surface area contributed by atoms with E-state index in [1.54, 1.807) is 0 Å². The predicted octanol–water partition coefficient (Wildman–Crippen LogP) is 3.74. The molecule has 2 aromatic rings. The molecule has 0 spiro atoms. The average molecular weight is 294 g/mol. The first-order chi connectivity index (χ1) is 10.8. The van der Waals surface area contributed by atoms with Crippen LogP contribution in [0, 0.1) is 5.92 Å². The van der Waals surface area contributed by atoms with Gasteiger partial charge in [-0.1, -0.05) is 6.07 Å². The Hall–Kier alpha value is -1.87. The molecular weight excluding hydrogens is 272 g/mol. The Kier molecular flexibility index (Phi) is 3.59. The first-order valence-electron chi connectivity index (χ1n) is 8.20. The van der Waals surface area contributed by atoms with Gasteiger partial charge >= 0.3 is 0 Å². The minimum atomic E-state index is 0.484. The van der Waals surface area contributed by atoms with Gasteiger partial charge in [0.2, 0.25) is 0 Å². The van der Waals surface area contributed by atoms with Crippen molar-refractivity contribution in [3.05, 3.63) is 48.3 Å². The summed E-state index contributed by atoms with van der Waals surface area (Å²) in [6.07, 6.45) is 6.49. The zero-order valence-electron chi connectivity index (χ0n) is 13.0. The minimum Gasteiger partial charge on any atom is -0.492 e. The van der Waals surface area contributed by atoms with Gasteiger partial charge in [0.1, 0.15) is 12.4 Å². The van der Waals surface area contributed by atoms with E-state index in [1.807, 2.05) is 12.4 Å². The molecule has 0 radical (unpaired) electrons. The van der Waals surface area contributed by atoms with Crippen LogP contribution in [0.15, 0.2) is 42.7 Å². The van der Waals surface area contributed by atoms with Crippen LogP contribution in [0.25, 0.3) is 11.1 Å². The van der Waals surface area contributed by atoms with Crippen molar-refractivity contribution in [2.45, 2.75) is 32.4 Å². The number of rotatable bonds is 3. The van der Waals surface area contributed by atoms with Crippen LogP contribution in [0.4, 0.5) is 0 Å². The van der Waals surface area contributed by atoms with E-state index in [9.17, 15) is 0 Å². The first-order valence-corrected chi connectivity index (χ1v) is 8.20. The lowest BCUT2D eigenvalue weighted by molar-refractivity contribution is 0.152. The molecule has 1 aromatic carbocycles. The molecule has 0 saturated heterocycles. The summed E-state index contributed by atoms with van der Waals surface area (Å²) in [6, 6.07) is 11.2. The third kappa shape index (κ3) is 2.86. The highest BCUT2D eigenvalue weighted by molar-refractivity contribution is 5.65. The average Bonchev–Trinajstić information content (AvgIpc) is 3.38. The van der Waals surface area contributed by atoms with E-state index in [2.05, 4.69) is 47.1 Å². The SMILES string of the molecule is CC1COc2ccc(-c3ccncc3)cc2CN1CC1CC1. The molecule has 0 bridgehead atoms. The van der Waals surface area contributed by atoms with Crippen LogP contribution in [-0.2, 0) is 6.54 Å². The van der Waals surface area contributed by atoms with Crippen LogP contribution in [-0.4, -0.2) is 29.1 Å². The van der Waals surface area contributed by atoms with Gasteiger partial charge in [-0.25, -0.2) is 0 Å². The second kappa shape index (κ2) is 5.73. The molecule has 114 valence electrons. The van der Waals surface area contributed by atoms with Crippen molar-refractivity contribution in [3.8, 4) is 16.9 Å². The van der Waals surface area contributed by atoms with Gasteiger partial charge in [-0.3, -0.25) is 9.88 Å². The standard InChI is InChI=1S/C19H22N2O/c1-14-13-22-19-5-4-17(16-6-8-20-9-7-16)10-18(19)12-21(14)11-15-2-3-15/h4-10,14-15H,2-3,11-13H2,1H3. The van der Waals surface area contributed by atoms with Gasteiger partial charge in [0.05, 0.1) is 0 Å². The second-order valence-corrected chi connectivity index (χ2v) is 6.59. The third-order valence-electron chi connectivity index (χ3n) is 4.74. The number of nitrogens with zero attached hydrogens (tertiary/aromatic N) is 2. The molecule has 0 N–H and O–H groups in total. The van der Waals surface area contributed by atoms with E-state index in [1.165, 1.54) is 36.1 Å². The number of hydrogen-bond donors (Lipinski definition) is 0. The summed E-state index contributed by atoms with van der Waals surface area (Å²) in [4.78, 5) is 6.69. The van der Waals surface area contributed by atoms with E-state index in [4.69, 9.17) is 4.74 Å². The Morgan fingerprint density at radius 3 is 2.73 bits per heavy atom. The number of pyridine rings is 1. The molecule has 4 rings (SSSR count). The van der Waals surface area contributed by atoms with Gasteiger partial charge in [-0.05, 0) is 61.1 Å². The van der Waals surface area contributed by atoms with Crippen LogP contribution in [0.5, 0.6) is 5.75 Å². The van der Waals surface area contributed by atoms with E-state index >= 15 is 0 Å². The molecule has 1 aliphatic carbocycles. The van der Waals surface area contributed by atoms with Crippen LogP contribution < -0.4 is 4.74 Å². The maximum absolute atomic E-state index is 6.03. The zero-order chi connectivity index (χ0) is 14.9. The molecule has 1 atom stereocenters. The summed E-state index contributed by atoms with van der Waals surface area (Å²) in [5.74, 6) is 1.95. The van der Waals surface area contributed by atoms with Crippen molar-refractivity contribution in [1.29, 1.82) is 0 Å². The van der Waals surface area contributed by atoms with Gasteiger partial charge in [-0.2, -0.15) is 0 Å². The Morgan fingerprint density at radius 1 is 1.14 bits per heavy atom. The molecule has 1 unspecified atom stereocenters. The topological polar surface area (TPSA) is 25.4 Å². The maximum atomic E-state index is 6.03. The second-order valence-electron chi connectivity index (χ2n) is 6.59. The number of fused-ring (bicyclic) bond motifs is 1. The van der Waals surface area contributed by atoms with E-state index < -0.39 is 0 Å². The molecule has 2 aliphatic rings. The molecular formula is C19H22N2O. The highest BCUT2D eigenvalue weighted by Gasteiger charge is 2.29. The van der Waals surface area contributed by atoms with Crippen LogP contribution in [0.3, 0.4) is 0 Å². The van der Waals surface area contributed by atoms with Crippen LogP contribution >= 0.6 is 0 Å². The Labute approximate surface area is 131 Å². The van der Waals surface area contributed by atoms with Crippen molar-refractivity contribution in [2.24, 2.45) is 5.92 Å². The van der Waals surface area contributed by atoms with Gasteiger partial charge in [0.25, 0.3) is 0 Å². The summed E-state index contributed by atoms with van der Waals surface area (Å²) < 4.78 is 6.03.